The van der Waals surface area contributed by atoms with Crippen LogP contribution < -0.4 is 0 Å². The molecule has 0 amide bonds. The maximum Gasteiger partial charge on any atom is 0.339 e. The first-order valence-electron chi connectivity index (χ1n) is 5.26. The Balaban J connectivity index is 2.16. The highest BCUT2D eigenvalue weighted by atomic mass is 16.5. The van der Waals surface area contributed by atoms with Gasteiger partial charge in [-0.15, -0.1) is 0 Å². The van der Waals surface area contributed by atoms with Crippen LogP contribution in [0.1, 0.15) is 24.2 Å². The number of hydrogen-bond donors (Lipinski definition) is 1. The van der Waals surface area contributed by atoms with Crippen molar-refractivity contribution in [3.8, 4) is 0 Å². The number of ether oxygens (including phenoxy) is 1. The average molecular weight is 218 g/mol. The molecule has 0 spiro atoms. The zero-order valence-electron chi connectivity index (χ0n) is 9.36. The van der Waals surface area contributed by atoms with Gasteiger partial charge in [0.05, 0.1) is 17.7 Å². The van der Waals surface area contributed by atoms with E-state index in [9.17, 15) is 4.79 Å². The van der Waals surface area contributed by atoms with Crippen molar-refractivity contribution in [1.29, 1.82) is 0 Å². The monoisotopic (exact) mass is 218 g/mol. The summed E-state index contributed by atoms with van der Waals surface area (Å²) in [5, 5.41) is 0.916. The number of aromatic amines is 1. The van der Waals surface area contributed by atoms with E-state index in [1.165, 1.54) is 0 Å². The Hall–Kier alpha value is -1.84. The summed E-state index contributed by atoms with van der Waals surface area (Å²) in [4.78, 5) is 18.7. The van der Waals surface area contributed by atoms with E-state index in [0.29, 0.717) is 18.1 Å². The van der Waals surface area contributed by atoms with Crippen molar-refractivity contribution in [2.24, 2.45) is 5.92 Å². The molecule has 0 bridgehead atoms. The third-order valence-electron chi connectivity index (χ3n) is 2.19. The molecular formula is C12H14N2O2. The molecule has 1 N–H and O–H groups in total. The van der Waals surface area contributed by atoms with Crippen LogP contribution in [0.5, 0.6) is 0 Å². The van der Waals surface area contributed by atoms with Gasteiger partial charge in [-0.05, 0) is 12.0 Å². The van der Waals surface area contributed by atoms with Crippen molar-refractivity contribution >= 4 is 16.9 Å². The average Bonchev–Trinajstić information content (AvgIpc) is 2.72. The molecule has 0 radical (unpaired) electrons. The smallest absolute Gasteiger partial charge is 0.339 e. The third kappa shape index (κ3) is 2.21. The largest absolute Gasteiger partial charge is 0.462 e. The molecule has 0 aromatic carbocycles. The van der Waals surface area contributed by atoms with E-state index in [4.69, 9.17) is 4.74 Å². The Kier molecular flexibility index (Phi) is 2.90. The van der Waals surface area contributed by atoms with Gasteiger partial charge in [-0.1, -0.05) is 13.8 Å². The minimum atomic E-state index is -0.315. The first-order chi connectivity index (χ1) is 7.66. The number of nitrogens with one attached hydrogen (secondary N) is 1. The van der Waals surface area contributed by atoms with Gasteiger partial charge in [-0.25, -0.2) is 4.79 Å². The van der Waals surface area contributed by atoms with Gasteiger partial charge in [0, 0.05) is 24.0 Å². The van der Waals surface area contributed by atoms with Crippen LogP contribution in [0.4, 0.5) is 0 Å². The predicted octanol–water partition coefficient (Wildman–Crippen LogP) is 2.38. The van der Waals surface area contributed by atoms with Gasteiger partial charge in [0.15, 0.2) is 0 Å². The predicted molar refractivity (Wildman–Crippen MR) is 61.2 cm³/mol. The maximum absolute atomic E-state index is 11.6. The Morgan fingerprint density at radius 1 is 1.50 bits per heavy atom. The van der Waals surface area contributed by atoms with Crippen molar-refractivity contribution < 1.29 is 9.53 Å². The standard InChI is InChI=1S/C12H14N2O2/c1-8(2)7-16-12(15)10-3-9-4-13-6-11(9)14-5-10/h3-6,8,13H,7H2,1-2H3. The lowest BCUT2D eigenvalue weighted by Gasteiger charge is -2.06. The number of esters is 1. The molecule has 0 saturated heterocycles. The second-order valence-electron chi connectivity index (χ2n) is 4.15. The molecule has 0 aliphatic carbocycles. The zero-order chi connectivity index (χ0) is 11.5. The summed E-state index contributed by atoms with van der Waals surface area (Å²) in [5.41, 5.74) is 1.34. The van der Waals surface area contributed by atoms with Gasteiger partial charge >= 0.3 is 5.97 Å². The first kappa shape index (κ1) is 10.7. The second-order valence-corrected chi connectivity index (χ2v) is 4.15. The van der Waals surface area contributed by atoms with Crippen molar-refractivity contribution in [1.82, 2.24) is 9.97 Å². The van der Waals surface area contributed by atoms with Crippen LogP contribution in [-0.2, 0) is 4.74 Å². The fourth-order valence-corrected chi connectivity index (χ4v) is 1.38. The van der Waals surface area contributed by atoms with E-state index in [2.05, 4.69) is 9.97 Å². The van der Waals surface area contributed by atoms with E-state index in [1.807, 2.05) is 20.0 Å². The number of aromatic nitrogens is 2. The molecule has 4 heteroatoms. The van der Waals surface area contributed by atoms with E-state index in [1.54, 1.807) is 18.5 Å². The molecule has 2 aromatic rings. The van der Waals surface area contributed by atoms with Gasteiger partial charge in [0.2, 0.25) is 0 Å². The summed E-state index contributed by atoms with van der Waals surface area (Å²) in [6.07, 6.45) is 5.14. The summed E-state index contributed by atoms with van der Waals surface area (Å²) in [7, 11) is 0. The Bertz CT molecular complexity index is 502. The Labute approximate surface area is 93.6 Å². The first-order valence-corrected chi connectivity index (χ1v) is 5.26. The third-order valence-corrected chi connectivity index (χ3v) is 2.19. The van der Waals surface area contributed by atoms with Crippen LogP contribution in [-0.4, -0.2) is 22.5 Å². The summed E-state index contributed by atoms with van der Waals surface area (Å²) >= 11 is 0. The highest BCUT2D eigenvalue weighted by molar-refractivity contribution is 5.93. The number of nitrogens with zero attached hydrogens (tertiary/aromatic N) is 1. The molecule has 0 aliphatic heterocycles. The van der Waals surface area contributed by atoms with Crippen LogP contribution in [0.2, 0.25) is 0 Å². The highest BCUT2D eigenvalue weighted by Crippen LogP contribution is 2.13. The van der Waals surface area contributed by atoms with E-state index >= 15 is 0 Å². The molecule has 0 aliphatic rings. The lowest BCUT2D eigenvalue weighted by molar-refractivity contribution is 0.0458. The number of rotatable bonds is 3. The maximum atomic E-state index is 11.6. The number of fused-ring (bicyclic) bond motifs is 1. The molecule has 0 saturated carbocycles. The molecule has 0 atom stereocenters. The van der Waals surface area contributed by atoms with Crippen molar-refractivity contribution in [2.75, 3.05) is 6.61 Å². The van der Waals surface area contributed by atoms with E-state index < -0.39 is 0 Å². The lowest BCUT2D eigenvalue weighted by atomic mass is 10.2. The lowest BCUT2D eigenvalue weighted by Crippen LogP contribution is -2.10. The summed E-state index contributed by atoms with van der Waals surface area (Å²) in [6, 6.07) is 1.78. The minimum absolute atomic E-state index is 0.315. The number of pyridine rings is 1. The van der Waals surface area contributed by atoms with Gasteiger partial charge in [0.25, 0.3) is 0 Å². The number of hydrogen-bond acceptors (Lipinski definition) is 3. The highest BCUT2D eigenvalue weighted by Gasteiger charge is 2.09. The quantitative estimate of drug-likeness (QED) is 0.805. The molecule has 2 heterocycles. The number of H-pyrrole nitrogens is 1. The molecule has 84 valence electrons. The molecule has 2 aromatic heterocycles. The molecule has 0 fully saturated rings. The zero-order valence-corrected chi connectivity index (χ0v) is 9.36. The normalized spacial score (nSPS) is 10.9. The Morgan fingerprint density at radius 3 is 3.06 bits per heavy atom. The van der Waals surface area contributed by atoms with Crippen molar-refractivity contribution in [2.45, 2.75) is 13.8 Å². The molecule has 16 heavy (non-hydrogen) atoms. The molecular weight excluding hydrogens is 204 g/mol. The fraction of sp³-hybridized carbons (Fsp3) is 0.333. The van der Waals surface area contributed by atoms with Gasteiger partial charge in [0.1, 0.15) is 0 Å². The number of carbonyl (C=O) groups excluding carboxylic acids is 1. The summed E-state index contributed by atoms with van der Waals surface area (Å²) < 4.78 is 5.13. The van der Waals surface area contributed by atoms with Gasteiger partial charge < -0.3 is 9.72 Å². The van der Waals surface area contributed by atoms with Crippen molar-refractivity contribution in [3.05, 3.63) is 30.2 Å². The summed E-state index contributed by atoms with van der Waals surface area (Å²) in [6.45, 7) is 4.44. The number of carbonyl (C=O) groups is 1. The Morgan fingerprint density at radius 2 is 2.31 bits per heavy atom. The fourth-order valence-electron chi connectivity index (χ4n) is 1.38. The molecule has 2 rings (SSSR count). The van der Waals surface area contributed by atoms with Gasteiger partial charge in [-0.2, -0.15) is 0 Å². The molecule has 0 unspecified atom stereocenters. The van der Waals surface area contributed by atoms with Crippen LogP contribution >= 0.6 is 0 Å². The van der Waals surface area contributed by atoms with Crippen LogP contribution in [0, 0.1) is 5.92 Å². The topological polar surface area (TPSA) is 55.0 Å². The van der Waals surface area contributed by atoms with Gasteiger partial charge in [-0.3, -0.25) is 4.98 Å². The van der Waals surface area contributed by atoms with Crippen LogP contribution in [0.25, 0.3) is 10.9 Å². The van der Waals surface area contributed by atoms with Crippen LogP contribution in [0.15, 0.2) is 24.7 Å². The van der Waals surface area contributed by atoms with E-state index in [-0.39, 0.29) is 5.97 Å². The minimum Gasteiger partial charge on any atom is -0.462 e. The van der Waals surface area contributed by atoms with Crippen LogP contribution in [0.3, 0.4) is 0 Å². The second kappa shape index (κ2) is 4.35. The van der Waals surface area contributed by atoms with E-state index in [0.717, 1.165) is 10.9 Å². The summed E-state index contributed by atoms with van der Waals surface area (Å²) in [5.74, 6) is 0.0252. The molecule has 4 nitrogen and oxygen atoms in total. The SMILES string of the molecule is CC(C)COC(=O)c1cnc2c[nH]cc2c1. The van der Waals surface area contributed by atoms with Crippen molar-refractivity contribution in [3.63, 3.8) is 0 Å².